The molecule has 2 unspecified atom stereocenters. The maximum absolute atomic E-state index is 6.04. The minimum atomic E-state index is 0.267. The van der Waals surface area contributed by atoms with Crippen molar-refractivity contribution in [2.24, 2.45) is 11.7 Å². The molecule has 110 valence electrons. The van der Waals surface area contributed by atoms with Gasteiger partial charge in [-0.05, 0) is 26.3 Å². The Morgan fingerprint density at radius 1 is 1.32 bits per heavy atom. The highest BCUT2D eigenvalue weighted by molar-refractivity contribution is 5.07. The highest BCUT2D eigenvalue weighted by atomic mass is 15.2. The summed E-state index contributed by atoms with van der Waals surface area (Å²) in [5, 5.41) is 0. The van der Waals surface area contributed by atoms with Crippen LogP contribution in [0.15, 0.2) is 12.5 Å². The van der Waals surface area contributed by atoms with E-state index in [0.717, 1.165) is 13.1 Å². The smallest absolute Gasteiger partial charge is 0.0951 e. The van der Waals surface area contributed by atoms with Crippen molar-refractivity contribution in [3.63, 3.8) is 0 Å². The summed E-state index contributed by atoms with van der Waals surface area (Å²) >= 11 is 0. The van der Waals surface area contributed by atoms with Gasteiger partial charge in [-0.15, -0.1) is 0 Å². The van der Waals surface area contributed by atoms with E-state index < -0.39 is 0 Å². The third-order valence-electron chi connectivity index (χ3n) is 3.91. The molecule has 0 bridgehead atoms. The SMILES string of the molecule is CCC(C)CN(CC)C(CN)c1cncn1C(C)C. The third kappa shape index (κ3) is 4.05. The summed E-state index contributed by atoms with van der Waals surface area (Å²) in [6, 6.07) is 0.692. The van der Waals surface area contributed by atoms with Gasteiger partial charge in [0.2, 0.25) is 0 Å². The fourth-order valence-electron chi connectivity index (χ4n) is 2.47. The molecule has 0 saturated heterocycles. The Bertz CT molecular complexity index is 359. The van der Waals surface area contributed by atoms with Crippen LogP contribution in [-0.4, -0.2) is 34.1 Å². The van der Waals surface area contributed by atoms with Crippen LogP contribution in [0.3, 0.4) is 0 Å². The van der Waals surface area contributed by atoms with E-state index in [1.807, 2.05) is 12.5 Å². The molecule has 0 aliphatic heterocycles. The Balaban J connectivity index is 2.93. The van der Waals surface area contributed by atoms with Gasteiger partial charge in [-0.1, -0.05) is 27.2 Å². The number of likely N-dealkylation sites (N-methyl/N-ethyl adjacent to an activating group) is 1. The first-order valence-corrected chi connectivity index (χ1v) is 7.50. The first-order valence-electron chi connectivity index (χ1n) is 7.50. The van der Waals surface area contributed by atoms with Gasteiger partial charge in [0.15, 0.2) is 0 Å². The van der Waals surface area contributed by atoms with Gasteiger partial charge in [0.25, 0.3) is 0 Å². The van der Waals surface area contributed by atoms with Crippen LogP contribution in [0.25, 0.3) is 0 Å². The molecule has 0 aromatic carbocycles. The van der Waals surface area contributed by atoms with Crippen molar-refractivity contribution < 1.29 is 0 Å². The molecule has 1 aromatic heterocycles. The van der Waals surface area contributed by atoms with Crippen LogP contribution in [0, 0.1) is 5.92 Å². The zero-order valence-corrected chi connectivity index (χ0v) is 13.1. The summed E-state index contributed by atoms with van der Waals surface area (Å²) in [5.41, 5.74) is 7.28. The van der Waals surface area contributed by atoms with E-state index in [2.05, 4.69) is 49.1 Å². The van der Waals surface area contributed by atoms with Gasteiger partial charge in [-0.2, -0.15) is 0 Å². The Morgan fingerprint density at radius 2 is 2.00 bits per heavy atom. The molecule has 1 heterocycles. The van der Waals surface area contributed by atoms with Crippen molar-refractivity contribution in [3.8, 4) is 0 Å². The molecule has 2 N–H and O–H groups in total. The molecular formula is C15H30N4. The Morgan fingerprint density at radius 3 is 2.47 bits per heavy atom. The lowest BCUT2D eigenvalue weighted by Gasteiger charge is -2.32. The Hall–Kier alpha value is -0.870. The first-order chi connectivity index (χ1) is 9.04. The van der Waals surface area contributed by atoms with E-state index in [-0.39, 0.29) is 6.04 Å². The van der Waals surface area contributed by atoms with Gasteiger partial charge in [0, 0.05) is 25.3 Å². The highest BCUT2D eigenvalue weighted by Crippen LogP contribution is 2.23. The van der Waals surface area contributed by atoms with Gasteiger partial charge < -0.3 is 10.3 Å². The van der Waals surface area contributed by atoms with Crippen molar-refractivity contribution in [2.75, 3.05) is 19.6 Å². The maximum Gasteiger partial charge on any atom is 0.0951 e. The normalized spacial score (nSPS) is 15.2. The van der Waals surface area contributed by atoms with Crippen molar-refractivity contribution in [2.45, 2.75) is 53.1 Å². The Kier molecular flexibility index (Phi) is 6.52. The molecule has 0 aliphatic carbocycles. The minimum Gasteiger partial charge on any atom is -0.331 e. The molecule has 0 radical (unpaired) electrons. The topological polar surface area (TPSA) is 47.1 Å². The second-order valence-electron chi connectivity index (χ2n) is 5.67. The summed E-state index contributed by atoms with van der Waals surface area (Å²) in [7, 11) is 0. The lowest BCUT2D eigenvalue weighted by molar-refractivity contribution is 0.175. The van der Waals surface area contributed by atoms with E-state index in [0.29, 0.717) is 18.5 Å². The summed E-state index contributed by atoms with van der Waals surface area (Å²) in [5.74, 6) is 0.699. The number of nitrogens with two attached hydrogens (primary N) is 1. The minimum absolute atomic E-state index is 0.267. The molecule has 0 fully saturated rings. The number of aromatic nitrogens is 2. The molecular weight excluding hydrogens is 236 g/mol. The predicted molar refractivity (Wildman–Crippen MR) is 81.1 cm³/mol. The van der Waals surface area contributed by atoms with Crippen LogP contribution >= 0.6 is 0 Å². The van der Waals surface area contributed by atoms with Crippen molar-refractivity contribution in [1.29, 1.82) is 0 Å². The quantitative estimate of drug-likeness (QED) is 0.787. The second kappa shape index (κ2) is 7.65. The molecule has 0 saturated carbocycles. The number of rotatable bonds is 8. The van der Waals surface area contributed by atoms with Crippen molar-refractivity contribution in [1.82, 2.24) is 14.5 Å². The second-order valence-corrected chi connectivity index (χ2v) is 5.67. The molecule has 0 amide bonds. The van der Waals surface area contributed by atoms with E-state index in [4.69, 9.17) is 5.73 Å². The van der Waals surface area contributed by atoms with Crippen LogP contribution in [0.2, 0.25) is 0 Å². The number of nitrogens with zero attached hydrogens (tertiary/aromatic N) is 3. The molecule has 19 heavy (non-hydrogen) atoms. The molecule has 4 nitrogen and oxygen atoms in total. The number of hydrogen-bond donors (Lipinski definition) is 1. The van der Waals surface area contributed by atoms with Crippen LogP contribution in [0.5, 0.6) is 0 Å². The third-order valence-corrected chi connectivity index (χ3v) is 3.91. The lowest BCUT2D eigenvalue weighted by atomic mass is 10.1. The van der Waals surface area contributed by atoms with Crippen LogP contribution in [0.4, 0.5) is 0 Å². The first kappa shape index (κ1) is 16.2. The summed E-state index contributed by atoms with van der Waals surface area (Å²) in [6.07, 6.45) is 5.09. The molecule has 0 aliphatic rings. The van der Waals surface area contributed by atoms with Crippen LogP contribution < -0.4 is 5.73 Å². The summed E-state index contributed by atoms with van der Waals surface area (Å²) in [6.45, 7) is 13.9. The standard InChI is InChI=1S/C15H30N4/c1-6-13(5)10-18(7-2)14(8-16)15-9-17-11-19(15)12(3)4/h9,11-14H,6-8,10,16H2,1-5H3. The summed E-state index contributed by atoms with van der Waals surface area (Å²) in [4.78, 5) is 6.79. The zero-order chi connectivity index (χ0) is 14.4. The lowest BCUT2D eigenvalue weighted by Crippen LogP contribution is -2.37. The average Bonchev–Trinajstić information content (AvgIpc) is 2.87. The molecule has 4 heteroatoms. The summed E-state index contributed by atoms with van der Waals surface area (Å²) < 4.78 is 2.23. The van der Waals surface area contributed by atoms with Crippen LogP contribution in [0.1, 0.15) is 58.8 Å². The fraction of sp³-hybridized carbons (Fsp3) is 0.800. The van der Waals surface area contributed by atoms with Gasteiger partial charge in [-0.3, -0.25) is 4.90 Å². The van der Waals surface area contributed by atoms with Gasteiger partial charge in [0.1, 0.15) is 0 Å². The van der Waals surface area contributed by atoms with E-state index >= 15 is 0 Å². The number of imidazole rings is 1. The van der Waals surface area contributed by atoms with Gasteiger partial charge >= 0.3 is 0 Å². The molecule has 1 rings (SSSR count). The van der Waals surface area contributed by atoms with E-state index in [1.165, 1.54) is 12.1 Å². The number of hydrogen-bond acceptors (Lipinski definition) is 3. The fourth-order valence-corrected chi connectivity index (χ4v) is 2.47. The van der Waals surface area contributed by atoms with E-state index in [9.17, 15) is 0 Å². The monoisotopic (exact) mass is 266 g/mol. The zero-order valence-electron chi connectivity index (χ0n) is 13.1. The van der Waals surface area contributed by atoms with Crippen molar-refractivity contribution in [3.05, 3.63) is 18.2 Å². The Labute approximate surface area is 118 Å². The average molecular weight is 266 g/mol. The highest BCUT2D eigenvalue weighted by Gasteiger charge is 2.23. The molecule has 1 aromatic rings. The van der Waals surface area contributed by atoms with Crippen LogP contribution in [-0.2, 0) is 0 Å². The van der Waals surface area contributed by atoms with E-state index in [1.54, 1.807) is 0 Å². The largest absolute Gasteiger partial charge is 0.331 e. The predicted octanol–water partition coefficient (Wildman–Crippen LogP) is 2.83. The molecule has 2 atom stereocenters. The van der Waals surface area contributed by atoms with Gasteiger partial charge in [-0.25, -0.2) is 4.98 Å². The van der Waals surface area contributed by atoms with Gasteiger partial charge in [0.05, 0.1) is 18.1 Å². The van der Waals surface area contributed by atoms with Crippen molar-refractivity contribution >= 4 is 0 Å². The molecule has 0 spiro atoms. The maximum atomic E-state index is 6.04.